The van der Waals surface area contributed by atoms with Crippen LogP contribution in [0, 0.1) is 5.82 Å². The normalized spacial score (nSPS) is 15.9. The quantitative estimate of drug-likeness (QED) is 0.765. The molecule has 5 nitrogen and oxygen atoms in total. The van der Waals surface area contributed by atoms with Gasteiger partial charge in [0.2, 0.25) is 5.91 Å². The Balaban J connectivity index is 1.45. The van der Waals surface area contributed by atoms with Gasteiger partial charge in [0.1, 0.15) is 5.82 Å². The summed E-state index contributed by atoms with van der Waals surface area (Å²) in [6.07, 6.45) is 0. The van der Waals surface area contributed by atoms with Crippen LogP contribution >= 0.6 is 15.9 Å². The summed E-state index contributed by atoms with van der Waals surface area (Å²) < 4.78 is 14.0. The lowest BCUT2D eigenvalue weighted by Gasteiger charge is -2.34. The van der Waals surface area contributed by atoms with Gasteiger partial charge in [0.25, 0.3) is 5.91 Å². The van der Waals surface area contributed by atoms with Crippen LogP contribution in [-0.2, 0) is 4.79 Å². The van der Waals surface area contributed by atoms with Crippen molar-refractivity contribution < 1.29 is 14.0 Å². The van der Waals surface area contributed by atoms with Crippen molar-refractivity contribution in [3.05, 3.63) is 69.9 Å². The molecule has 2 amide bonds. The van der Waals surface area contributed by atoms with Crippen molar-refractivity contribution >= 4 is 27.7 Å². The molecular formula is C21H23BrFN3O2. The van der Waals surface area contributed by atoms with E-state index in [1.165, 1.54) is 24.3 Å². The van der Waals surface area contributed by atoms with E-state index in [1.54, 1.807) is 4.90 Å². The summed E-state index contributed by atoms with van der Waals surface area (Å²) in [6.45, 7) is 4.62. The number of benzene rings is 2. The van der Waals surface area contributed by atoms with Crippen molar-refractivity contribution in [2.24, 2.45) is 0 Å². The predicted octanol–water partition coefficient (Wildman–Crippen LogP) is 3.22. The average Bonchev–Trinajstić information content (AvgIpc) is 2.69. The van der Waals surface area contributed by atoms with Crippen LogP contribution < -0.4 is 5.32 Å². The number of carbonyl (C=O) groups is 2. The van der Waals surface area contributed by atoms with Gasteiger partial charge in [-0.3, -0.25) is 14.5 Å². The maximum atomic E-state index is 13.0. The Morgan fingerprint density at radius 3 is 2.25 bits per heavy atom. The van der Waals surface area contributed by atoms with E-state index in [0.29, 0.717) is 38.3 Å². The van der Waals surface area contributed by atoms with E-state index in [2.05, 4.69) is 21.2 Å². The van der Waals surface area contributed by atoms with Gasteiger partial charge in [0, 0.05) is 36.2 Å². The number of halogens is 2. The van der Waals surface area contributed by atoms with Crippen molar-refractivity contribution in [2.45, 2.75) is 13.0 Å². The maximum absolute atomic E-state index is 13.0. The molecule has 7 heteroatoms. The molecule has 2 aromatic rings. The second-order valence-electron chi connectivity index (χ2n) is 6.92. The fraction of sp³-hybridized carbons (Fsp3) is 0.333. The maximum Gasteiger partial charge on any atom is 0.253 e. The Labute approximate surface area is 172 Å². The first kappa shape index (κ1) is 20.5. The number of hydrogen-bond acceptors (Lipinski definition) is 3. The van der Waals surface area contributed by atoms with E-state index in [9.17, 15) is 14.0 Å². The molecule has 0 bridgehead atoms. The first-order chi connectivity index (χ1) is 13.4. The highest BCUT2D eigenvalue weighted by molar-refractivity contribution is 9.10. The van der Waals surface area contributed by atoms with Crippen molar-refractivity contribution in [1.29, 1.82) is 0 Å². The van der Waals surface area contributed by atoms with Crippen LogP contribution in [-0.4, -0.2) is 54.3 Å². The van der Waals surface area contributed by atoms with Crippen LogP contribution in [0.2, 0.25) is 0 Å². The van der Waals surface area contributed by atoms with Crippen LogP contribution in [0.5, 0.6) is 0 Å². The summed E-state index contributed by atoms with van der Waals surface area (Å²) in [7, 11) is 0. The first-order valence-corrected chi connectivity index (χ1v) is 10.0. The Hall–Kier alpha value is -2.25. The summed E-state index contributed by atoms with van der Waals surface area (Å²) in [5, 5.41) is 3.02. The molecule has 1 heterocycles. The molecule has 28 heavy (non-hydrogen) atoms. The molecule has 0 aliphatic carbocycles. The van der Waals surface area contributed by atoms with Gasteiger partial charge in [-0.15, -0.1) is 0 Å². The minimum atomic E-state index is -0.357. The number of nitrogens with one attached hydrogen (secondary N) is 1. The summed E-state index contributed by atoms with van der Waals surface area (Å²) in [5.41, 5.74) is 1.53. The Morgan fingerprint density at radius 1 is 1.04 bits per heavy atom. The molecular weight excluding hydrogens is 425 g/mol. The van der Waals surface area contributed by atoms with Crippen LogP contribution in [0.15, 0.2) is 53.0 Å². The second-order valence-corrected chi connectivity index (χ2v) is 7.83. The highest BCUT2D eigenvalue weighted by atomic mass is 79.9. The van der Waals surface area contributed by atoms with Crippen molar-refractivity contribution in [3.63, 3.8) is 0 Å². The van der Waals surface area contributed by atoms with Gasteiger partial charge in [-0.1, -0.05) is 28.1 Å². The molecule has 1 N–H and O–H groups in total. The number of nitrogens with zero attached hydrogens (tertiary/aromatic N) is 2. The summed E-state index contributed by atoms with van der Waals surface area (Å²) in [5.74, 6) is -0.494. The zero-order valence-electron chi connectivity index (χ0n) is 15.7. The molecule has 1 aliphatic heterocycles. The van der Waals surface area contributed by atoms with Crippen LogP contribution in [0.3, 0.4) is 0 Å². The van der Waals surface area contributed by atoms with Crippen LogP contribution in [0.1, 0.15) is 28.9 Å². The number of carbonyl (C=O) groups excluding carboxylic acids is 2. The Kier molecular flexibility index (Phi) is 6.80. The lowest BCUT2D eigenvalue weighted by Crippen LogP contribution is -2.51. The molecule has 3 rings (SSSR count). The molecule has 0 spiro atoms. The number of piperazine rings is 1. The molecule has 0 radical (unpaired) electrons. The number of hydrogen-bond donors (Lipinski definition) is 1. The van der Waals surface area contributed by atoms with E-state index in [1.807, 2.05) is 36.1 Å². The molecule has 148 valence electrons. The number of rotatable bonds is 5. The third-order valence-corrected chi connectivity index (χ3v) is 5.39. The molecule has 1 atom stereocenters. The second kappa shape index (κ2) is 9.30. The highest BCUT2D eigenvalue weighted by Gasteiger charge is 2.23. The van der Waals surface area contributed by atoms with Gasteiger partial charge < -0.3 is 10.2 Å². The largest absolute Gasteiger partial charge is 0.348 e. The topological polar surface area (TPSA) is 52.7 Å². The van der Waals surface area contributed by atoms with Crippen molar-refractivity contribution in [2.75, 3.05) is 32.7 Å². The molecule has 0 aromatic heterocycles. The van der Waals surface area contributed by atoms with E-state index in [4.69, 9.17) is 0 Å². The third kappa shape index (κ3) is 5.39. The first-order valence-electron chi connectivity index (χ1n) is 9.24. The van der Waals surface area contributed by atoms with Gasteiger partial charge >= 0.3 is 0 Å². The molecule has 1 unspecified atom stereocenters. The number of amides is 2. The molecule has 1 saturated heterocycles. The summed E-state index contributed by atoms with van der Waals surface area (Å²) in [6, 6.07) is 13.4. The van der Waals surface area contributed by atoms with Gasteiger partial charge in [0.05, 0.1) is 12.6 Å². The van der Waals surface area contributed by atoms with Gasteiger partial charge in [-0.2, -0.15) is 0 Å². The van der Waals surface area contributed by atoms with Crippen molar-refractivity contribution in [1.82, 2.24) is 15.1 Å². The fourth-order valence-corrected chi connectivity index (χ4v) is 3.47. The van der Waals surface area contributed by atoms with Crippen LogP contribution in [0.25, 0.3) is 0 Å². The molecule has 0 saturated carbocycles. The van der Waals surface area contributed by atoms with E-state index in [0.717, 1.165) is 10.0 Å². The van der Waals surface area contributed by atoms with Crippen molar-refractivity contribution in [3.8, 4) is 0 Å². The summed E-state index contributed by atoms with van der Waals surface area (Å²) >= 11 is 3.41. The van der Waals surface area contributed by atoms with E-state index >= 15 is 0 Å². The monoisotopic (exact) mass is 447 g/mol. The van der Waals surface area contributed by atoms with Gasteiger partial charge in [0.15, 0.2) is 0 Å². The Bertz CT molecular complexity index is 819. The minimum absolute atomic E-state index is 0.0336. The molecule has 2 aromatic carbocycles. The highest BCUT2D eigenvalue weighted by Crippen LogP contribution is 2.16. The fourth-order valence-electron chi connectivity index (χ4n) is 3.21. The zero-order valence-corrected chi connectivity index (χ0v) is 17.3. The lowest BCUT2D eigenvalue weighted by atomic mass is 10.1. The van der Waals surface area contributed by atoms with Gasteiger partial charge in [-0.25, -0.2) is 4.39 Å². The van der Waals surface area contributed by atoms with Crippen LogP contribution in [0.4, 0.5) is 4.39 Å². The molecule has 1 aliphatic rings. The summed E-state index contributed by atoms with van der Waals surface area (Å²) in [4.78, 5) is 28.6. The van der Waals surface area contributed by atoms with Gasteiger partial charge in [-0.05, 0) is 48.9 Å². The third-order valence-electron chi connectivity index (χ3n) is 4.87. The smallest absolute Gasteiger partial charge is 0.253 e. The zero-order chi connectivity index (χ0) is 20.1. The standard InChI is InChI=1S/C21H23BrFN3O2/c1-15(16-2-6-18(22)7-3-16)24-20(27)14-25-10-12-26(13-11-25)21(28)17-4-8-19(23)9-5-17/h2-9,15H,10-14H2,1H3,(H,24,27). The lowest BCUT2D eigenvalue weighted by molar-refractivity contribution is -0.123. The SMILES string of the molecule is CC(NC(=O)CN1CCN(C(=O)c2ccc(F)cc2)CC1)c1ccc(Br)cc1. The predicted molar refractivity (Wildman–Crippen MR) is 109 cm³/mol. The van der Waals surface area contributed by atoms with E-state index < -0.39 is 0 Å². The molecule has 1 fully saturated rings. The van der Waals surface area contributed by atoms with E-state index in [-0.39, 0.29) is 23.7 Å². The average molecular weight is 448 g/mol. The Morgan fingerprint density at radius 2 is 1.64 bits per heavy atom. The minimum Gasteiger partial charge on any atom is -0.348 e.